The summed E-state index contributed by atoms with van der Waals surface area (Å²) in [6, 6.07) is 10.4. The molecule has 0 aromatic heterocycles. The predicted octanol–water partition coefficient (Wildman–Crippen LogP) is 5.78. The predicted molar refractivity (Wildman–Crippen MR) is 120 cm³/mol. The third-order valence-corrected chi connectivity index (χ3v) is 4.98. The van der Waals surface area contributed by atoms with Crippen LogP contribution in [0.1, 0.15) is 23.6 Å². The van der Waals surface area contributed by atoms with Crippen molar-refractivity contribution in [2.75, 3.05) is 14.2 Å². The quantitative estimate of drug-likeness (QED) is 0.213. The molecule has 2 aromatic carbocycles. The summed E-state index contributed by atoms with van der Waals surface area (Å²) >= 11 is 18.4. The number of carbonyl (C=O) groups excluding carboxylic acids is 1. The number of rotatable bonds is 8. The summed E-state index contributed by atoms with van der Waals surface area (Å²) in [5, 5.41) is 9.04. The number of methoxy groups -OCH3 is 1. The summed E-state index contributed by atoms with van der Waals surface area (Å²) < 4.78 is 4.76. The second kappa shape index (κ2) is 11.6. The molecule has 2 aromatic rings. The van der Waals surface area contributed by atoms with E-state index in [4.69, 9.17) is 49.2 Å². The molecule has 0 N–H and O–H groups in total. The Morgan fingerprint density at radius 1 is 1.03 bits per heavy atom. The van der Waals surface area contributed by atoms with Crippen LogP contribution in [0.3, 0.4) is 0 Å². The van der Waals surface area contributed by atoms with Gasteiger partial charge in [-0.3, -0.25) is 0 Å². The van der Waals surface area contributed by atoms with Crippen LogP contribution in [0.25, 0.3) is 6.08 Å². The van der Waals surface area contributed by atoms with Crippen LogP contribution in [0.2, 0.25) is 15.1 Å². The summed E-state index contributed by atoms with van der Waals surface area (Å²) in [5.74, 6) is -0.623. The molecule has 9 heteroatoms. The third-order valence-electron chi connectivity index (χ3n) is 3.83. The van der Waals surface area contributed by atoms with Crippen molar-refractivity contribution in [3.8, 4) is 0 Å². The van der Waals surface area contributed by atoms with Gasteiger partial charge in [-0.1, -0.05) is 75.5 Å². The standard InChI is InChI=1S/C21H19Cl3N2O4/c1-13(8-9-16-17(22)10-11-18(23)19(16)24)25-30-12-14-6-4-5-7-15(14)20(26-29-3)21(27)28-2/h4-11H,12H2,1-3H3/b9-8+,25-13?,26-20?. The lowest BCUT2D eigenvalue weighted by Crippen LogP contribution is -2.19. The molecule has 0 spiro atoms. The Hall–Kier alpha value is -2.54. The van der Waals surface area contributed by atoms with Crippen LogP contribution in [0, 0.1) is 0 Å². The van der Waals surface area contributed by atoms with Crippen molar-refractivity contribution in [2.24, 2.45) is 10.3 Å². The zero-order chi connectivity index (χ0) is 22.1. The van der Waals surface area contributed by atoms with Crippen molar-refractivity contribution >= 4 is 58.3 Å². The second-order valence-electron chi connectivity index (χ2n) is 5.87. The smallest absolute Gasteiger partial charge is 0.360 e. The zero-order valence-corrected chi connectivity index (χ0v) is 18.8. The van der Waals surface area contributed by atoms with Gasteiger partial charge in [-0.15, -0.1) is 0 Å². The van der Waals surface area contributed by atoms with E-state index in [1.807, 2.05) is 6.07 Å². The average molecular weight is 470 g/mol. The third kappa shape index (κ3) is 6.23. The van der Waals surface area contributed by atoms with Crippen molar-refractivity contribution < 1.29 is 19.2 Å². The zero-order valence-electron chi connectivity index (χ0n) is 16.5. The molecule has 2 rings (SSSR count). The van der Waals surface area contributed by atoms with Gasteiger partial charge in [-0.25, -0.2) is 4.79 Å². The van der Waals surface area contributed by atoms with Gasteiger partial charge in [0.25, 0.3) is 0 Å². The Balaban J connectivity index is 2.15. The lowest BCUT2D eigenvalue weighted by atomic mass is 10.0. The Kier molecular flexibility index (Phi) is 9.17. The van der Waals surface area contributed by atoms with E-state index in [0.29, 0.717) is 37.5 Å². The van der Waals surface area contributed by atoms with Gasteiger partial charge in [0.05, 0.1) is 22.9 Å². The lowest BCUT2D eigenvalue weighted by Gasteiger charge is -2.09. The Morgan fingerprint density at radius 2 is 1.73 bits per heavy atom. The minimum Gasteiger partial charge on any atom is -0.464 e. The van der Waals surface area contributed by atoms with E-state index in [2.05, 4.69) is 10.3 Å². The Labute approximate surface area is 189 Å². The van der Waals surface area contributed by atoms with Crippen molar-refractivity contribution in [2.45, 2.75) is 13.5 Å². The topological polar surface area (TPSA) is 69.5 Å². The van der Waals surface area contributed by atoms with E-state index >= 15 is 0 Å². The minimum atomic E-state index is -0.623. The number of nitrogens with zero attached hydrogens (tertiary/aromatic N) is 2. The molecule has 6 nitrogen and oxygen atoms in total. The first kappa shape index (κ1) is 23.7. The molecule has 158 valence electrons. The molecule has 0 bridgehead atoms. The van der Waals surface area contributed by atoms with E-state index in [1.165, 1.54) is 14.2 Å². The van der Waals surface area contributed by atoms with Crippen LogP contribution in [0.4, 0.5) is 0 Å². The van der Waals surface area contributed by atoms with Crippen LogP contribution in [-0.2, 0) is 25.8 Å². The van der Waals surface area contributed by atoms with Crippen LogP contribution in [0.15, 0.2) is 52.8 Å². The molecule has 0 saturated carbocycles. The summed E-state index contributed by atoms with van der Waals surface area (Å²) in [6.45, 7) is 1.85. The van der Waals surface area contributed by atoms with Gasteiger partial charge in [0.2, 0.25) is 0 Å². The van der Waals surface area contributed by atoms with E-state index < -0.39 is 5.97 Å². The molecule has 0 unspecified atom stereocenters. The molecule has 0 fully saturated rings. The molecule has 0 aliphatic carbocycles. The van der Waals surface area contributed by atoms with Gasteiger partial charge in [0.1, 0.15) is 13.7 Å². The Morgan fingerprint density at radius 3 is 2.43 bits per heavy atom. The fourth-order valence-corrected chi connectivity index (χ4v) is 3.06. The highest BCUT2D eigenvalue weighted by atomic mass is 35.5. The largest absolute Gasteiger partial charge is 0.464 e. The summed E-state index contributed by atoms with van der Waals surface area (Å²) in [6.07, 6.45) is 3.40. The van der Waals surface area contributed by atoms with Gasteiger partial charge in [0, 0.05) is 21.7 Å². The van der Waals surface area contributed by atoms with Gasteiger partial charge in [0.15, 0.2) is 5.71 Å². The lowest BCUT2D eigenvalue weighted by molar-refractivity contribution is -0.132. The van der Waals surface area contributed by atoms with Crippen molar-refractivity contribution in [1.82, 2.24) is 0 Å². The maximum atomic E-state index is 12.0. The van der Waals surface area contributed by atoms with E-state index in [0.717, 1.165) is 0 Å². The number of ether oxygens (including phenoxy) is 1. The normalized spacial score (nSPS) is 12.2. The fourth-order valence-electron chi connectivity index (χ4n) is 2.40. The summed E-state index contributed by atoms with van der Waals surface area (Å²) in [7, 11) is 2.62. The van der Waals surface area contributed by atoms with Gasteiger partial charge >= 0.3 is 5.97 Å². The highest BCUT2D eigenvalue weighted by Crippen LogP contribution is 2.32. The van der Waals surface area contributed by atoms with Crippen LogP contribution in [-0.4, -0.2) is 31.6 Å². The maximum Gasteiger partial charge on any atom is 0.360 e. The first-order valence-electron chi connectivity index (χ1n) is 8.64. The molecule has 0 aliphatic rings. The molecule has 30 heavy (non-hydrogen) atoms. The van der Waals surface area contributed by atoms with Gasteiger partial charge in [-0.2, -0.15) is 0 Å². The van der Waals surface area contributed by atoms with Crippen LogP contribution >= 0.6 is 34.8 Å². The Bertz CT molecular complexity index is 1000. The van der Waals surface area contributed by atoms with Crippen molar-refractivity contribution in [3.05, 3.63) is 74.2 Å². The van der Waals surface area contributed by atoms with Crippen LogP contribution < -0.4 is 0 Å². The molecule has 0 saturated heterocycles. The van der Waals surface area contributed by atoms with E-state index in [9.17, 15) is 4.79 Å². The number of halogens is 3. The number of esters is 1. The molecular formula is C21H19Cl3N2O4. The average Bonchev–Trinajstić information content (AvgIpc) is 2.74. The molecular weight excluding hydrogens is 451 g/mol. The molecule has 0 aliphatic heterocycles. The molecule has 0 atom stereocenters. The number of benzene rings is 2. The van der Waals surface area contributed by atoms with E-state index in [1.54, 1.807) is 49.4 Å². The maximum absolute atomic E-state index is 12.0. The fraction of sp³-hybridized carbons (Fsp3) is 0.190. The second-order valence-corrected chi connectivity index (χ2v) is 7.06. The summed E-state index contributed by atoms with van der Waals surface area (Å²) in [5.41, 5.74) is 2.39. The monoisotopic (exact) mass is 468 g/mol. The molecule has 0 radical (unpaired) electrons. The SMILES string of the molecule is CON=C(C(=O)OC)c1ccccc1CON=C(C)/C=C/c1c(Cl)ccc(Cl)c1Cl. The number of allylic oxidation sites excluding steroid dienone is 1. The highest BCUT2D eigenvalue weighted by Gasteiger charge is 2.19. The van der Waals surface area contributed by atoms with Crippen molar-refractivity contribution in [3.63, 3.8) is 0 Å². The van der Waals surface area contributed by atoms with Gasteiger partial charge < -0.3 is 14.4 Å². The number of hydrogen-bond acceptors (Lipinski definition) is 6. The molecule has 0 heterocycles. The first-order chi connectivity index (χ1) is 14.4. The summed E-state index contributed by atoms with van der Waals surface area (Å²) in [4.78, 5) is 22.2. The van der Waals surface area contributed by atoms with Crippen LogP contribution in [0.5, 0.6) is 0 Å². The van der Waals surface area contributed by atoms with E-state index in [-0.39, 0.29) is 12.3 Å². The van der Waals surface area contributed by atoms with Gasteiger partial charge in [-0.05, 0) is 25.1 Å². The van der Waals surface area contributed by atoms with Crippen molar-refractivity contribution in [1.29, 1.82) is 0 Å². The molecule has 0 amide bonds. The minimum absolute atomic E-state index is 0.0324. The number of carbonyl (C=O) groups is 1. The highest BCUT2D eigenvalue weighted by molar-refractivity contribution is 6.45. The first-order valence-corrected chi connectivity index (χ1v) is 9.78. The number of oxime groups is 2. The number of hydrogen-bond donors (Lipinski definition) is 0.